The minimum atomic E-state index is -0.957. The number of phenols is 12. The molecule has 2 aliphatic rings. The van der Waals surface area contributed by atoms with Gasteiger partial charge in [-0.15, -0.1) is 0 Å². The van der Waals surface area contributed by atoms with Gasteiger partial charge >= 0.3 is 0 Å². The lowest BCUT2D eigenvalue weighted by Gasteiger charge is -2.26. The Morgan fingerprint density at radius 3 is 0.872 bits per heavy atom. The van der Waals surface area contributed by atoms with Gasteiger partial charge in [0.2, 0.25) is 11.6 Å². The summed E-state index contributed by atoms with van der Waals surface area (Å²) in [6.45, 7) is 6.60. The molecule has 18 heteroatoms. The molecule has 382 valence electrons. The standard InChI is InChI=1S/C30H18O10.C30H16O8/c1-9-3-11-19(13(31)5-9)29(39)23-17(35)7-15(33)21(25(23)27(11)37)22-16(34)8-18(36)24-26(22)28(38)12-4-10(2)6-14(32)20(12)30(24)40;1-7-3-9(31)19-23-15(7)16-8(2)4-10(32)20-24(16)28-26-18(12(34)6-14(36)22(26)30(20)38)17-11(33)5-13(35)21(29(19)37)25(17)27(23)28/h3-8,31-36H,1-2H3;3-6,33-38H,1-2H3. The Balaban J connectivity index is 0.000000148. The van der Waals surface area contributed by atoms with Gasteiger partial charge in [-0.1, -0.05) is 0 Å². The van der Waals surface area contributed by atoms with Crippen LogP contribution in [0.4, 0.5) is 0 Å². The molecule has 0 unspecified atom stereocenters. The number of aromatic hydroxyl groups is 12. The molecule has 12 aromatic rings. The maximum Gasteiger partial charge on any atom is 0.201 e. The first-order valence-corrected chi connectivity index (χ1v) is 23.7. The smallest absolute Gasteiger partial charge is 0.201 e. The summed E-state index contributed by atoms with van der Waals surface area (Å²) in [5.74, 6) is -10.8. The molecular weight excluding hydrogens is 1010 g/mol. The summed E-state index contributed by atoms with van der Waals surface area (Å²) in [4.78, 5) is 81.3. The van der Waals surface area contributed by atoms with Gasteiger partial charge in [-0.05, 0) is 97.1 Å². The summed E-state index contributed by atoms with van der Waals surface area (Å²) in [5, 5.41) is 134. The van der Waals surface area contributed by atoms with E-state index < -0.39 is 136 Å². The molecular formula is C60H34O18. The fourth-order valence-corrected chi connectivity index (χ4v) is 12.6. The van der Waals surface area contributed by atoms with Crippen LogP contribution in [0.2, 0.25) is 0 Å². The van der Waals surface area contributed by atoms with Crippen LogP contribution < -0.4 is 10.9 Å². The quantitative estimate of drug-likeness (QED) is 0.0539. The molecule has 0 aliphatic heterocycles. The highest BCUT2D eigenvalue weighted by Gasteiger charge is 2.43. The van der Waals surface area contributed by atoms with Crippen molar-refractivity contribution < 1.29 is 80.5 Å². The molecule has 0 radical (unpaired) electrons. The molecule has 78 heavy (non-hydrogen) atoms. The number of carbonyl (C=O) groups excluding carboxylic acids is 4. The topological polar surface area (TPSA) is 345 Å². The van der Waals surface area contributed by atoms with E-state index in [-0.39, 0.29) is 65.3 Å². The molecule has 0 atom stereocenters. The maximum absolute atomic E-state index is 13.8. The van der Waals surface area contributed by atoms with Crippen LogP contribution in [0.3, 0.4) is 0 Å². The van der Waals surface area contributed by atoms with Crippen molar-refractivity contribution in [1.29, 1.82) is 0 Å². The van der Waals surface area contributed by atoms with Gasteiger partial charge in [0.15, 0.2) is 22.4 Å². The average Bonchev–Trinajstić information content (AvgIpc) is 3.49. The normalized spacial score (nSPS) is 13.2. The lowest BCUT2D eigenvalue weighted by Crippen LogP contribution is -2.25. The first-order chi connectivity index (χ1) is 36.9. The number of aryl methyl sites for hydroxylation is 4. The minimum absolute atomic E-state index is 0.0431. The van der Waals surface area contributed by atoms with Gasteiger partial charge in [0.25, 0.3) is 0 Å². The van der Waals surface area contributed by atoms with E-state index in [1.807, 2.05) is 0 Å². The van der Waals surface area contributed by atoms with Crippen molar-refractivity contribution in [3.8, 4) is 80.1 Å². The lowest BCUT2D eigenvalue weighted by atomic mass is 9.74. The van der Waals surface area contributed by atoms with E-state index in [2.05, 4.69) is 0 Å². The van der Waals surface area contributed by atoms with Crippen molar-refractivity contribution in [3.63, 3.8) is 0 Å². The molecule has 0 saturated carbocycles. The predicted octanol–water partition coefficient (Wildman–Crippen LogP) is 8.84. The van der Waals surface area contributed by atoms with Crippen LogP contribution in [-0.4, -0.2) is 84.4 Å². The van der Waals surface area contributed by atoms with E-state index in [1.54, 1.807) is 27.7 Å². The van der Waals surface area contributed by atoms with Gasteiger partial charge in [0, 0.05) is 101 Å². The van der Waals surface area contributed by atoms with Crippen molar-refractivity contribution in [3.05, 3.63) is 148 Å². The Hall–Kier alpha value is -10.9. The van der Waals surface area contributed by atoms with Gasteiger partial charge < -0.3 is 61.3 Å². The maximum atomic E-state index is 13.8. The number of fused-ring (bicyclic) bond motifs is 6. The van der Waals surface area contributed by atoms with E-state index in [4.69, 9.17) is 0 Å². The van der Waals surface area contributed by atoms with Gasteiger partial charge in [-0.2, -0.15) is 0 Å². The predicted molar refractivity (Wildman–Crippen MR) is 284 cm³/mol. The van der Waals surface area contributed by atoms with E-state index in [9.17, 15) is 90.0 Å². The second-order valence-electron chi connectivity index (χ2n) is 20.0. The Morgan fingerprint density at radius 2 is 0.513 bits per heavy atom. The zero-order valence-electron chi connectivity index (χ0n) is 40.6. The highest BCUT2D eigenvalue weighted by atomic mass is 16.3. The summed E-state index contributed by atoms with van der Waals surface area (Å²) in [7, 11) is 0. The first-order valence-electron chi connectivity index (χ1n) is 23.7. The van der Waals surface area contributed by atoms with Crippen LogP contribution in [0.15, 0.2) is 70.3 Å². The van der Waals surface area contributed by atoms with E-state index in [1.165, 1.54) is 36.4 Å². The molecule has 0 saturated heterocycles. The Bertz CT molecular complexity index is 4770. The molecule has 12 N–H and O–H groups in total. The van der Waals surface area contributed by atoms with Crippen LogP contribution >= 0.6 is 0 Å². The van der Waals surface area contributed by atoms with E-state index in [0.29, 0.717) is 54.6 Å². The van der Waals surface area contributed by atoms with Crippen LogP contribution in [0.5, 0.6) is 69.0 Å². The molecule has 0 bridgehead atoms. The van der Waals surface area contributed by atoms with Crippen LogP contribution in [0.25, 0.3) is 86.5 Å². The summed E-state index contributed by atoms with van der Waals surface area (Å²) < 4.78 is 0. The molecule has 2 aliphatic carbocycles. The van der Waals surface area contributed by atoms with Crippen LogP contribution in [0, 0.1) is 27.7 Å². The highest BCUT2D eigenvalue weighted by Crippen LogP contribution is 2.61. The zero-order chi connectivity index (χ0) is 55.6. The summed E-state index contributed by atoms with van der Waals surface area (Å²) in [5.41, 5.74) is -3.70. The second kappa shape index (κ2) is 14.9. The fourth-order valence-electron chi connectivity index (χ4n) is 12.6. The number of phenolic OH excluding ortho intramolecular Hbond substituents is 12. The number of rotatable bonds is 1. The van der Waals surface area contributed by atoms with E-state index in [0.717, 1.165) is 24.3 Å². The summed E-state index contributed by atoms with van der Waals surface area (Å²) >= 11 is 0. The second-order valence-corrected chi connectivity index (χ2v) is 20.0. The SMILES string of the molecule is Cc1cc(=O)c2c(O)c3c(O)cc(O)c4c5c(O)cc(O)c6c(O)c7c(=O)cc(C)c8c1c2c(c34)c(c65)c78.Cc1cc(O)c2c(c1)C(=O)c1c(c(O)cc(O)c1-c1c(O)cc(O)c3c1C(=O)c1cc(C)cc(O)c1C3=O)C2=O. The van der Waals surface area contributed by atoms with Gasteiger partial charge in [0.05, 0.1) is 43.8 Å². The number of ketones is 4. The van der Waals surface area contributed by atoms with Gasteiger partial charge in [-0.3, -0.25) is 28.8 Å². The third-order valence-electron chi connectivity index (χ3n) is 15.4. The van der Waals surface area contributed by atoms with Crippen molar-refractivity contribution >= 4 is 98.5 Å². The molecule has 0 aromatic heterocycles. The lowest BCUT2D eigenvalue weighted by molar-refractivity contribution is 0.0972. The monoisotopic (exact) mass is 1040 g/mol. The average molecular weight is 1040 g/mol. The van der Waals surface area contributed by atoms with Gasteiger partial charge in [-0.25, -0.2) is 0 Å². The molecule has 14 rings (SSSR count). The molecule has 0 amide bonds. The number of hydrogen-bond donors (Lipinski definition) is 12. The molecule has 18 nitrogen and oxygen atoms in total. The fraction of sp³-hybridized carbons (Fsp3) is 0.0667. The minimum Gasteiger partial charge on any atom is -0.507 e. The third kappa shape index (κ3) is 5.48. The number of hydrogen-bond acceptors (Lipinski definition) is 18. The van der Waals surface area contributed by atoms with E-state index >= 15 is 0 Å². The van der Waals surface area contributed by atoms with Crippen molar-refractivity contribution in [2.24, 2.45) is 0 Å². The number of benzene rings is 12. The van der Waals surface area contributed by atoms with Gasteiger partial charge in [0.1, 0.15) is 69.0 Å². The first kappa shape index (κ1) is 46.9. The van der Waals surface area contributed by atoms with Crippen LogP contribution in [-0.2, 0) is 0 Å². The summed E-state index contributed by atoms with van der Waals surface area (Å²) in [6.07, 6.45) is 0. The van der Waals surface area contributed by atoms with Crippen molar-refractivity contribution in [2.75, 3.05) is 0 Å². The molecule has 0 spiro atoms. The molecule has 12 aromatic carbocycles. The molecule has 0 heterocycles. The zero-order valence-corrected chi connectivity index (χ0v) is 40.6. The molecule has 0 fully saturated rings. The Morgan fingerprint density at radius 1 is 0.231 bits per heavy atom. The van der Waals surface area contributed by atoms with Crippen molar-refractivity contribution in [2.45, 2.75) is 27.7 Å². The third-order valence-corrected chi connectivity index (χ3v) is 15.4. The Kier molecular flexibility index (Phi) is 8.96. The highest BCUT2D eigenvalue weighted by molar-refractivity contribution is 6.52. The van der Waals surface area contributed by atoms with Crippen molar-refractivity contribution in [1.82, 2.24) is 0 Å². The van der Waals surface area contributed by atoms with Crippen LogP contribution in [0.1, 0.15) is 85.9 Å². The number of carbonyl (C=O) groups is 4. The Labute approximate surface area is 433 Å². The largest absolute Gasteiger partial charge is 0.507 e. The summed E-state index contributed by atoms with van der Waals surface area (Å²) in [6, 6.07) is 11.4.